The van der Waals surface area contributed by atoms with Crippen LogP contribution >= 0.6 is 11.8 Å². The molecule has 4 aromatic rings. The first kappa shape index (κ1) is 23.8. The molecule has 3 heterocycles. The maximum absolute atomic E-state index is 13.9. The van der Waals surface area contributed by atoms with E-state index in [2.05, 4.69) is 35.0 Å². The zero-order valence-corrected chi connectivity index (χ0v) is 21.5. The van der Waals surface area contributed by atoms with Crippen LogP contribution in [0, 0.1) is 5.82 Å². The summed E-state index contributed by atoms with van der Waals surface area (Å²) in [5.74, 6) is 3.42. The Morgan fingerprint density at radius 3 is 2.71 bits per heavy atom. The van der Waals surface area contributed by atoms with Crippen molar-refractivity contribution >= 4 is 22.5 Å². The monoisotopic (exact) mass is 555 g/mol. The molecule has 0 radical (unpaired) electrons. The number of ether oxygens (including phenoxy) is 4. The third-order valence-electron chi connectivity index (χ3n) is 6.22. The Kier molecular flexibility index (Phi) is 6.75. The fourth-order valence-electron chi connectivity index (χ4n) is 4.56. The number of thioether (sulfide) groups is 1. The molecule has 2 aliphatic rings. The number of hydrogen-bond donors (Lipinski definition) is 0. The minimum absolute atomic E-state index is 0. The van der Waals surface area contributed by atoms with Gasteiger partial charge in [0.05, 0.1) is 24.7 Å². The normalized spacial score (nSPS) is 13.1. The van der Waals surface area contributed by atoms with E-state index in [1.807, 2.05) is 12.1 Å². The smallest absolute Gasteiger partial charge is 0.231 e. The SMILES string of the molecule is COc1ccc2cc3[n+](cc2c1OCCSc1ccccc1F)CCc1cc2c(cc1-3)OCO2.[Br-]. The maximum Gasteiger partial charge on any atom is 0.231 e. The molecule has 8 heteroatoms. The third kappa shape index (κ3) is 4.41. The van der Waals surface area contributed by atoms with E-state index in [9.17, 15) is 4.39 Å². The standard InChI is InChI=1S/C27H23FNO4S.BrH/c1-30-23-7-6-17-12-22-19-14-25-24(32-16-33-25)13-18(19)8-9-29(22)15-20(17)27(23)31-10-11-34-26-5-3-2-4-21(26)28;/h2-7,12-15H,8-11,16H2,1H3;1H/q+1;/p-1. The highest BCUT2D eigenvalue weighted by atomic mass is 79.9. The molecule has 0 bridgehead atoms. The molecule has 0 aliphatic carbocycles. The summed E-state index contributed by atoms with van der Waals surface area (Å²) in [6.45, 7) is 1.56. The molecule has 5 nitrogen and oxygen atoms in total. The van der Waals surface area contributed by atoms with Crippen LogP contribution in [-0.2, 0) is 13.0 Å². The van der Waals surface area contributed by atoms with Gasteiger partial charge in [0.2, 0.25) is 12.5 Å². The minimum atomic E-state index is -0.207. The van der Waals surface area contributed by atoms with Crippen LogP contribution in [0.3, 0.4) is 0 Å². The van der Waals surface area contributed by atoms with Crippen LogP contribution in [0.4, 0.5) is 4.39 Å². The van der Waals surface area contributed by atoms with Crippen molar-refractivity contribution in [3.05, 3.63) is 72.2 Å². The Labute approximate surface area is 217 Å². The van der Waals surface area contributed by atoms with Gasteiger partial charge in [0.25, 0.3) is 0 Å². The van der Waals surface area contributed by atoms with Crippen LogP contribution in [0.15, 0.2) is 65.7 Å². The van der Waals surface area contributed by atoms with Crippen molar-refractivity contribution in [2.24, 2.45) is 0 Å². The highest BCUT2D eigenvalue weighted by Crippen LogP contribution is 2.41. The number of pyridine rings is 1. The quantitative estimate of drug-likeness (QED) is 0.207. The van der Waals surface area contributed by atoms with Crippen molar-refractivity contribution in [3.8, 4) is 34.3 Å². The number of hydrogen-bond acceptors (Lipinski definition) is 5. The molecule has 6 rings (SSSR count). The number of nitrogens with zero attached hydrogens (tertiary/aromatic N) is 1. The van der Waals surface area contributed by atoms with Crippen LogP contribution in [0.2, 0.25) is 0 Å². The van der Waals surface area contributed by atoms with Crippen molar-refractivity contribution in [2.75, 3.05) is 26.3 Å². The van der Waals surface area contributed by atoms with E-state index in [-0.39, 0.29) is 29.6 Å². The first-order valence-electron chi connectivity index (χ1n) is 11.2. The molecule has 0 N–H and O–H groups in total. The Morgan fingerprint density at radius 2 is 1.89 bits per heavy atom. The fourth-order valence-corrected chi connectivity index (χ4v) is 5.33. The van der Waals surface area contributed by atoms with Crippen LogP contribution in [-0.4, -0.2) is 26.3 Å². The molecule has 180 valence electrons. The number of rotatable bonds is 6. The fraction of sp³-hybridized carbons (Fsp3) is 0.222. The number of aromatic nitrogens is 1. The second kappa shape index (κ2) is 9.95. The highest BCUT2D eigenvalue weighted by Gasteiger charge is 2.28. The number of benzene rings is 3. The summed E-state index contributed by atoms with van der Waals surface area (Å²) in [6.07, 6.45) is 3.05. The van der Waals surface area contributed by atoms with Gasteiger partial charge in [0, 0.05) is 23.1 Å². The summed E-state index contributed by atoms with van der Waals surface area (Å²) < 4.78 is 39.2. The molecule has 0 unspecified atom stereocenters. The molecule has 35 heavy (non-hydrogen) atoms. The van der Waals surface area contributed by atoms with Gasteiger partial charge in [-0.1, -0.05) is 12.1 Å². The van der Waals surface area contributed by atoms with Crippen molar-refractivity contribution < 1.29 is 44.9 Å². The number of methoxy groups -OCH3 is 1. The van der Waals surface area contributed by atoms with Gasteiger partial charge in [-0.05, 0) is 47.3 Å². The summed E-state index contributed by atoms with van der Waals surface area (Å²) in [4.78, 5) is 0.625. The molecule has 0 saturated heterocycles. The van der Waals surface area contributed by atoms with Crippen LogP contribution in [0.25, 0.3) is 22.0 Å². The van der Waals surface area contributed by atoms with Crippen molar-refractivity contribution in [1.82, 2.24) is 0 Å². The predicted octanol–water partition coefficient (Wildman–Crippen LogP) is 2.40. The molecule has 0 fully saturated rings. The lowest BCUT2D eigenvalue weighted by Crippen LogP contribution is -3.00. The predicted molar refractivity (Wildman–Crippen MR) is 129 cm³/mol. The second-order valence-electron chi connectivity index (χ2n) is 8.19. The van der Waals surface area contributed by atoms with E-state index in [0.29, 0.717) is 28.8 Å². The van der Waals surface area contributed by atoms with Gasteiger partial charge in [-0.2, -0.15) is 4.57 Å². The number of halogens is 2. The molecule has 0 spiro atoms. The maximum atomic E-state index is 13.9. The van der Waals surface area contributed by atoms with Crippen molar-refractivity contribution in [1.29, 1.82) is 0 Å². The first-order valence-corrected chi connectivity index (χ1v) is 12.2. The van der Waals surface area contributed by atoms with E-state index in [4.69, 9.17) is 18.9 Å². The Balaban J connectivity index is 0.00000253. The third-order valence-corrected chi connectivity index (χ3v) is 7.23. The molecule has 0 atom stereocenters. The molecule has 3 aromatic carbocycles. The van der Waals surface area contributed by atoms with Gasteiger partial charge in [0.15, 0.2) is 35.7 Å². The lowest BCUT2D eigenvalue weighted by molar-refractivity contribution is -0.686. The van der Waals surface area contributed by atoms with E-state index in [0.717, 1.165) is 46.5 Å². The molecular weight excluding hydrogens is 533 g/mol. The first-order chi connectivity index (χ1) is 16.7. The summed E-state index contributed by atoms with van der Waals surface area (Å²) in [5, 5.41) is 2.05. The van der Waals surface area contributed by atoms with Gasteiger partial charge in [-0.3, -0.25) is 0 Å². The molecule has 2 aliphatic heterocycles. The zero-order chi connectivity index (χ0) is 23.1. The highest BCUT2D eigenvalue weighted by molar-refractivity contribution is 7.99. The van der Waals surface area contributed by atoms with Gasteiger partial charge in [-0.25, -0.2) is 4.39 Å². The lowest BCUT2D eigenvalue weighted by atomic mass is 9.95. The summed E-state index contributed by atoms with van der Waals surface area (Å²) in [6, 6.07) is 17.1. The van der Waals surface area contributed by atoms with Crippen molar-refractivity contribution in [3.63, 3.8) is 0 Å². The second-order valence-corrected chi connectivity index (χ2v) is 9.33. The van der Waals surface area contributed by atoms with Crippen LogP contribution < -0.4 is 40.5 Å². The Morgan fingerprint density at radius 1 is 1.06 bits per heavy atom. The van der Waals surface area contributed by atoms with E-state index in [1.165, 1.54) is 23.4 Å². The van der Waals surface area contributed by atoms with Gasteiger partial charge >= 0.3 is 0 Å². The van der Waals surface area contributed by atoms with Crippen LogP contribution in [0.1, 0.15) is 5.56 Å². The van der Waals surface area contributed by atoms with Gasteiger partial charge < -0.3 is 35.9 Å². The Bertz CT molecular complexity index is 1410. The average molecular weight is 556 g/mol. The van der Waals surface area contributed by atoms with Gasteiger partial charge in [0.1, 0.15) is 5.82 Å². The molecule has 0 saturated carbocycles. The average Bonchev–Trinajstić information content (AvgIpc) is 3.32. The lowest BCUT2D eigenvalue weighted by Gasteiger charge is -2.18. The van der Waals surface area contributed by atoms with Gasteiger partial charge in [-0.15, -0.1) is 11.8 Å². The van der Waals surface area contributed by atoms with E-state index < -0.39 is 0 Å². The van der Waals surface area contributed by atoms with Crippen LogP contribution in [0.5, 0.6) is 23.0 Å². The largest absolute Gasteiger partial charge is 1.00 e. The number of aryl methyl sites for hydroxylation is 2. The summed E-state index contributed by atoms with van der Waals surface area (Å²) in [7, 11) is 1.65. The molecule has 0 amide bonds. The Hall–Kier alpha value is -2.97. The minimum Gasteiger partial charge on any atom is -1.00 e. The summed E-state index contributed by atoms with van der Waals surface area (Å²) >= 11 is 1.44. The topological polar surface area (TPSA) is 40.8 Å². The zero-order valence-electron chi connectivity index (χ0n) is 19.1. The molecule has 1 aromatic heterocycles. The summed E-state index contributed by atoms with van der Waals surface area (Å²) in [5.41, 5.74) is 3.56. The molecular formula is C27H23BrFNO4S. The number of fused-ring (bicyclic) bond motifs is 5. The van der Waals surface area contributed by atoms with E-state index >= 15 is 0 Å². The van der Waals surface area contributed by atoms with E-state index in [1.54, 1.807) is 19.2 Å². The van der Waals surface area contributed by atoms with Crippen molar-refractivity contribution in [2.45, 2.75) is 17.9 Å².